The molecular formula is C11H23N3. The number of likely N-dealkylation sites (tertiary alicyclic amines) is 1. The van der Waals surface area contributed by atoms with Crippen LogP contribution in [0.15, 0.2) is 4.99 Å². The molecule has 3 heteroatoms. The summed E-state index contributed by atoms with van der Waals surface area (Å²) in [6, 6.07) is 0. The summed E-state index contributed by atoms with van der Waals surface area (Å²) in [4.78, 5) is 6.88. The first kappa shape index (κ1) is 11.3. The molecule has 0 aromatic heterocycles. The van der Waals surface area contributed by atoms with Crippen molar-refractivity contribution in [3.05, 3.63) is 0 Å². The molecule has 1 saturated heterocycles. The molecule has 0 aromatic rings. The predicted octanol–water partition coefficient (Wildman–Crippen LogP) is 1.70. The van der Waals surface area contributed by atoms with Crippen LogP contribution in [-0.4, -0.2) is 37.0 Å². The molecule has 1 rings (SSSR count). The highest BCUT2D eigenvalue weighted by atomic mass is 15.3. The van der Waals surface area contributed by atoms with Crippen LogP contribution in [0.4, 0.5) is 0 Å². The average molecular weight is 197 g/mol. The minimum atomic E-state index is 0.869. The van der Waals surface area contributed by atoms with E-state index >= 15 is 0 Å². The lowest BCUT2D eigenvalue weighted by atomic mass is 10.00. The van der Waals surface area contributed by atoms with E-state index in [4.69, 9.17) is 0 Å². The Morgan fingerprint density at radius 2 is 2.00 bits per heavy atom. The molecule has 0 radical (unpaired) electrons. The Morgan fingerprint density at radius 1 is 1.36 bits per heavy atom. The molecule has 14 heavy (non-hydrogen) atoms. The standard InChI is InChI=1S/C11H23N3/c1-4-12-11(13-5-2)14-8-6-10(3)7-9-14/h10H,4-9H2,1-3H3,(H,12,13). The quantitative estimate of drug-likeness (QED) is 0.539. The molecule has 0 amide bonds. The number of nitrogens with zero attached hydrogens (tertiary/aromatic N) is 2. The first-order valence-electron chi connectivity index (χ1n) is 5.81. The van der Waals surface area contributed by atoms with Crippen molar-refractivity contribution in [2.24, 2.45) is 10.9 Å². The Hall–Kier alpha value is -0.730. The lowest BCUT2D eigenvalue weighted by molar-refractivity contribution is 0.273. The summed E-state index contributed by atoms with van der Waals surface area (Å²) in [5, 5.41) is 3.34. The van der Waals surface area contributed by atoms with Gasteiger partial charge in [0, 0.05) is 26.2 Å². The summed E-state index contributed by atoms with van der Waals surface area (Å²) in [5.41, 5.74) is 0. The van der Waals surface area contributed by atoms with Crippen LogP contribution in [0.25, 0.3) is 0 Å². The van der Waals surface area contributed by atoms with Crippen molar-refractivity contribution in [2.45, 2.75) is 33.6 Å². The second-order valence-corrected chi connectivity index (χ2v) is 4.00. The Bertz CT molecular complexity index is 181. The van der Waals surface area contributed by atoms with Gasteiger partial charge in [0.1, 0.15) is 0 Å². The highest BCUT2D eigenvalue weighted by Gasteiger charge is 2.17. The van der Waals surface area contributed by atoms with Crippen LogP contribution in [0.3, 0.4) is 0 Å². The number of hydrogen-bond acceptors (Lipinski definition) is 1. The highest BCUT2D eigenvalue weighted by Crippen LogP contribution is 2.15. The smallest absolute Gasteiger partial charge is 0.193 e. The number of piperidine rings is 1. The number of nitrogens with one attached hydrogen (secondary N) is 1. The van der Waals surface area contributed by atoms with Crippen LogP contribution < -0.4 is 5.32 Å². The molecule has 0 aromatic carbocycles. The number of hydrogen-bond donors (Lipinski definition) is 1. The van der Waals surface area contributed by atoms with E-state index in [0.29, 0.717) is 0 Å². The highest BCUT2D eigenvalue weighted by molar-refractivity contribution is 5.80. The Labute approximate surface area is 87.6 Å². The summed E-state index contributed by atoms with van der Waals surface area (Å²) >= 11 is 0. The van der Waals surface area contributed by atoms with Crippen LogP contribution in [0.2, 0.25) is 0 Å². The van der Waals surface area contributed by atoms with Gasteiger partial charge >= 0.3 is 0 Å². The van der Waals surface area contributed by atoms with Gasteiger partial charge in [0.25, 0.3) is 0 Å². The van der Waals surface area contributed by atoms with Crippen LogP contribution in [0.1, 0.15) is 33.6 Å². The Morgan fingerprint density at radius 3 is 2.50 bits per heavy atom. The minimum Gasteiger partial charge on any atom is -0.357 e. The fraction of sp³-hybridized carbons (Fsp3) is 0.909. The van der Waals surface area contributed by atoms with Crippen LogP contribution >= 0.6 is 0 Å². The maximum absolute atomic E-state index is 4.49. The third-order valence-electron chi connectivity index (χ3n) is 2.73. The monoisotopic (exact) mass is 197 g/mol. The summed E-state index contributed by atoms with van der Waals surface area (Å²) in [6.07, 6.45) is 2.60. The van der Waals surface area contributed by atoms with E-state index in [1.54, 1.807) is 0 Å². The molecule has 0 bridgehead atoms. The van der Waals surface area contributed by atoms with Gasteiger partial charge in [0.05, 0.1) is 0 Å². The van der Waals surface area contributed by atoms with Gasteiger partial charge in [-0.2, -0.15) is 0 Å². The second-order valence-electron chi connectivity index (χ2n) is 4.00. The van der Waals surface area contributed by atoms with E-state index in [9.17, 15) is 0 Å². The van der Waals surface area contributed by atoms with Gasteiger partial charge in [0.15, 0.2) is 5.96 Å². The molecular weight excluding hydrogens is 174 g/mol. The number of rotatable bonds is 2. The second kappa shape index (κ2) is 5.89. The molecule has 1 N–H and O–H groups in total. The Kier molecular flexibility index (Phi) is 4.77. The summed E-state index contributed by atoms with van der Waals surface area (Å²) in [5.74, 6) is 1.98. The van der Waals surface area contributed by atoms with E-state index in [-0.39, 0.29) is 0 Å². The molecule has 3 nitrogen and oxygen atoms in total. The first-order valence-corrected chi connectivity index (χ1v) is 5.81. The molecule has 1 aliphatic rings. The van der Waals surface area contributed by atoms with Gasteiger partial charge in [-0.3, -0.25) is 4.99 Å². The maximum Gasteiger partial charge on any atom is 0.193 e. The van der Waals surface area contributed by atoms with Crippen molar-refractivity contribution in [3.8, 4) is 0 Å². The van der Waals surface area contributed by atoms with Crippen molar-refractivity contribution in [2.75, 3.05) is 26.2 Å². The molecule has 82 valence electrons. The largest absolute Gasteiger partial charge is 0.357 e. The fourth-order valence-electron chi connectivity index (χ4n) is 1.80. The molecule has 1 heterocycles. The predicted molar refractivity (Wildman–Crippen MR) is 61.6 cm³/mol. The van der Waals surface area contributed by atoms with Gasteiger partial charge in [-0.25, -0.2) is 0 Å². The van der Waals surface area contributed by atoms with Crippen molar-refractivity contribution >= 4 is 5.96 Å². The maximum atomic E-state index is 4.49. The molecule has 0 saturated carbocycles. The van der Waals surface area contributed by atoms with Crippen LogP contribution in [-0.2, 0) is 0 Å². The van der Waals surface area contributed by atoms with Crippen LogP contribution in [0.5, 0.6) is 0 Å². The number of aliphatic imine (C=N–C) groups is 1. The zero-order chi connectivity index (χ0) is 10.4. The molecule has 1 fully saturated rings. The van der Waals surface area contributed by atoms with Crippen molar-refractivity contribution in [3.63, 3.8) is 0 Å². The first-order chi connectivity index (χ1) is 6.77. The third-order valence-corrected chi connectivity index (χ3v) is 2.73. The van der Waals surface area contributed by atoms with E-state index in [1.807, 2.05) is 0 Å². The minimum absolute atomic E-state index is 0.869. The van der Waals surface area contributed by atoms with E-state index < -0.39 is 0 Å². The van der Waals surface area contributed by atoms with Gasteiger partial charge in [-0.1, -0.05) is 6.92 Å². The third kappa shape index (κ3) is 3.20. The van der Waals surface area contributed by atoms with Gasteiger partial charge in [-0.05, 0) is 32.6 Å². The van der Waals surface area contributed by atoms with Crippen molar-refractivity contribution in [1.29, 1.82) is 0 Å². The Balaban J connectivity index is 2.47. The summed E-state index contributed by atoms with van der Waals surface area (Å²) < 4.78 is 0. The van der Waals surface area contributed by atoms with Crippen molar-refractivity contribution < 1.29 is 0 Å². The fourth-order valence-corrected chi connectivity index (χ4v) is 1.80. The topological polar surface area (TPSA) is 27.6 Å². The summed E-state index contributed by atoms with van der Waals surface area (Å²) in [6.45, 7) is 10.7. The number of guanidine groups is 1. The molecule has 0 aliphatic carbocycles. The van der Waals surface area contributed by atoms with Crippen LogP contribution in [0, 0.1) is 5.92 Å². The van der Waals surface area contributed by atoms with Gasteiger partial charge in [-0.15, -0.1) is 0 Å². The van der Waals surface area contributed by atoms with Crippen molar-refractivity contribution in [1.82, 2.24) is 10.2 Å². The molecule has 0 atom stereocenters. The van der Waals surface area contributed by atoms with Gasteiger partial charge in [0.2, 0.25) is 0 Å². The molecule has 0 spiro atoms. The lowest BCUT2D eigenvalue weighted by Crippen LogP contribution is -2.45. The zero-order valence-electron chi connectivity index (χ0n) is 9.71. The zero-order valence-corrected chi connectivity index (χ0v) is 9.71. The summed E-state index contributed by atoms with van der Waals surface area (Å²) in [7, 11) is 0. The molecule has 1 aliphatic heterocycles. The molecule has 0 unspecified atom stereocenters. The van der Waals surface area contributed by atoms with Gasteiger partial charge < -0.3 is 10.2 Å². The van der Waals surface area contributed by atoms with E-state index in [1.165, 1.54) is 12.8 Å². The SMILES string of the molecule is CCN=C(NCC)N1CCC(C)CC1. The van der Waals surface area contributed by atoms with E-state index in [2.05, 4.69) is 36.0 Å². The average Bonchev–Trinajstić information content (AvgIpc) is 2.19. The normalized spacial score (nSPS) is 19.9. The van der Waals surface area contributed by atoms with E-state index in [0.717, 1.165) is 38.1 Å². The lowest BCUT2D eigenvalue weighted by Gasteiger charge is -2.32.